The van der Waals surface area contributed by atoms with Gasteiger partial charge in [0, 0.05) is 30.3 Å². The van der Waals surface area contributed by atoms with E-state index in [1.807, 2.05) is 24.3 Å². The molecule has 2 aliphatic carbocycles. The molecule has 2 saturated carbocycles. The number of hydrogen-bond acceptors (Lipinski definition) is 2. The van der Waals surface area contributed by atoms with E-state index in [0.717, 1.165) is 30.5 Å². The van der Waals surface area contributed by atoms with Crippen LogP contribution in [-0.4, -0.2) is 24.4 Å². The van der Waals surface area contributed by atoms with Gasteiger partial charge in [-0.15, -0.1) is 0 Å². The summed E-state index contributed by atoms with van der Waals surface area (Å²) in [5.74, 6) is 2.47. The maximum atomic E-state index is 12.7. The van der Waals surface area contributed by atoms with Crippen LogP contribution in [0.4, 0.5) is 5.69 Å². The third-order valence-electron chi connectivity index (χ3n) is 6.29. The van der Waals surface area contributed by atoms with Crippen LogP contribution in [-0.2, 0) is 4.79 Å². The lowest BCUT2D eigenvalue weighted by molar-refractivity contribution is -0.117. The first-order valence-electron chi connectivity index (χ1n) is 9.33. The molecule has 3 aliphatic rings. The van der Waals surface area contributed by atoms with E-state index in [9.17, 15) is 9.59 Å². The fourth-order valence-electron chi connectivity index (χ4n) is 5.04. The Kier molecular flexibility index (Phi) is 4.07. The molecule has 0 spiro atoms. The number of anilines is 1. The van der Waals surface area contributed by atoms with Crippen molar-refractivity contribution in [2.45, 2.75) is 51.5 Å². The van der Waals surface area contributed by atoms with E-state index in [1.54, 1.807) is 4.90 Å². The van der Waals surface area contributed by atoms with Crippen LogP contribution in [0, 0.1) is 17.8 Å². The molecule has 4 rings (SSSR count). The Hall–Kier alpha value is -1.84. The summed E-state index contributed by atoms with van der Waals surface area (Å²) in [7, 11) is 0. The quantitative estimate of drug-likeness (QED) is 0.922. The van der Waals surface area contributed by atoms with E-state index in [0.29, 0.717) is 17.9 Å². The molecular formula is C20H26N2O2. The van der Waals surface area contributed by atoms with Crippen LogP contribution in [0.5, 0.6) is 0 Å². The van der Waals surface area contributed by atoms with Crippen molar-refractivity contribution in [2.75, 3.05) is 11.4 Å². The fraction of sp³-hybridized carbons (Fsp3) is 0.600. The Morgan fingerprint density at radius 1 is 1.29 bits per heavy atom. The fourth-order valence-corrected chi connectivity index (χ4v) is 5.04. The number of fused-ring (bicyclic) bond motifs is 2. The molecule has 24 heavy (non-hydrogen) atoms. The zero-order valence-corrected chi connectivity index (χ0v) is 14.3. The standard InChI is InChI=1S/C20H26N2O2/c1-13(18-11-14-7-8-15(18)10-14)21-20(24)16-4-2-5-17(12-16)22-9-3-6-19(22)23/h2,4-5,12-15,18H,3,6-11H2,1H3,(H,21,24)/t13-,14+,15+,18-/m1/s1. The van der Waals surface area contributed by atoms with Crippen molar-refractivity contribution in [3.63, 3.8) is 0 Å². The first-order chi connectivity index (χ1) is 11.6. The maximum Gasteiger partial charge on any atom is 0.251 e. The van der Waals surface area contributed by atoms with Gasteiger partial charge in [-0.2, -0.15) is 0 Å². The van der Waals surface area contributed by atoms with E-state index in [2.05, 4.69) is 12.2 Å². The monoisotopic (exact) mass is 326 g/mol. The molecular weight excluding hydrogens is 300 g/mol. The molecule has 0 aromatic heterocycles. The second-order valence-corrected chi connectivity index (χ2v) is 7.80. The summed E-state index contributed by atoms with van der Waals surface area (Å²) in [6.45, 7) is 2.91. The lowest BCUT2D eigenvalue weighted by Crippen LogP contribution is -2.40. The number of benzene rings is 1. The molecule has 1 aromatic carbocycles. The Labute approximate surface area is 143 Å². The Morgan fingerprint density at radius 3 is 2.83 bits per heavy atom. The number of nitrogens with zero attached hydrogens (tertiary/aromatic N) is 1. The van der Waals surface area contributed by atoms with Gasteiger partial charge in [-0.1, -0.05) is 12.5 Å². The largest absolute Gasteiger partial charge is 0.349 e. The molecule has 1 aliphatic heterocycles. The zero-order valence-electron chi connectivity index (χ0n) is 14.3. The smallest absolute Gasteiger partial charge is 0.251 e. The van der Waals surface area contributed by atoms with Gasteiger partial charge in [-0.05, 0) is 68.6 Å². The summed E-state index contributed by atoms with van der Waals surface area (Å²) in [6.07, 6.45) is 6.86. The third-order valence-corrected chi connectivity index (χ3v) is 6.29. The first-order valence-corrected chi connectivity index (χ1v) is 9.33. The average molecular weight is 326 g/mol. The van der Waals surface area contributed by atoms with E-state index in [1.165, 1.54) is 25.7 Å². The van der Waals surface area contributed by atoms with Crippen molar-refractivity contribution < 1.29 is 9.59 Å². The predicted octanol–water partition coefficient (Wildman–Crippen LogP) is 3.37. The Balaban J connectivity index is 1.43. The molecule has 2 amide bonds. The van der Waals surface area contributed by atoms with Gasteiger partial charge in [0.15, 0.2) is 0 Å². The van der Waals surface area contributed by atoms with Gasteiger partial charge < -0.3 is 10.2 Å². The molecule has 0 radical (unpaired) electrons. The number of carbonyl (C=O) groups is 2. The van der Waals surface area contributed by atoms with Crippen molar-refractivity contribution in [3.8, 4) is 0 Å². The molecule has 1 heterocycles. The van der Waals surface area contributed by atoms with Crippen molar-refractivity contribution in [2.24, 2.45) is 17.8 Å². The molecule has 1 aromatic rings. The lowest BCUT2D eigenvalue weighted by Gasteiger charge is -2.28. The van der Waals surface area contributed by atoms with Gasteiger partial charge in [-0.3, -0.25) is 9.59 Å². The molecule has 1 N–H and O–H groups in total. The van der Waals surface area contributed by atoms with E-state index < -0.39 is 0 Å². The van der Waals surface area contributed by atoms with E-state index in [-0.39, 0.29) is 17.9 Å². The number of rotatable bonds is 4. The van der Waals surface area contributed by atoms with Gasteiger partial charge in [0.1, 0.15) is 0 Å². The van der Waals surface area contributed by atoms with E-state index >= 15 is 0 Å². The van der Waals surface area contributed by atoms with Crippen molar-refractivity contribution in [3.05, 3.63) is 29.8 Å². The molecule has 4 nitrogen and oxygen atoms in total. The molecule has 128 valence electrons. The summed E-state index contributed by atoms with van der Waals surface area (Å²) in [4.78, 5) is 26.3. The highest BCUT2D eigenvalue weighted by atomic mass is 16.2. The summed E-state index contributed by atoms with van der Waals surface area (Å²) in [5, 5.41) is 3.21. The van der Waals surface area contributed by atoms with Gasteiger partial charge in [0.05, 0.1) is 0 Å². The summed E-state index contributed by atoms with van der Waals surface area (Å²) >= 11 is 0. The maximum absolute atomic E-state index is 12.7. The van der Waals surface area contributed by atoms with Crippen LogP contribution in [0.3, 0.4) is 0 Å². The van der Waals surface area contributed by atoms with Crippen LogP contribution in [0.15, 0.2) is 24.3 Å². The average Bonchev–Trinajstić information content (AvgIpc) is 3.31. The van der Waals surface area contributed by atoms with Crippen LogP contribution < -0.4 is 10.2 Å². The minimum Gasteiger partial charge on any atom is -0.349 e. The molecule has 0 unspecified atom stereocenters. The van der Waals surface area contributed by atoms with Gasteiger partial charge >= 0.3 is 0 Å². The van der Waals surface area contributed by atoms with Gasteiger partial charge in [-0.25, -0.2) is 0 Å². The van der Waals surface area contributed by atoms with Crippen LogP contribution in [0.2, 0.25) is 0 Å². The Morgan fingerprint density at radius 2 is 2.17 bits per heavy atom. The first kappa shape index (κ1) is 15.7. The highest BCUT2D eigenvalue weighted by Crippen LogP contribution is 2.49. The Bertz CT molecular complexity index is 657. The molecule has 4 heteroatoms. The minimum absolute atomic E-state index is 0.0150. The van der Waals surface area contributed by atoms with Gasteiger partial charge in [0.2, 0.25) is 5.91 Å². The zero-order chi connectivity index (χ0) is 16.7. The summed E-state index contributed by atoms with van der Waals surface area (Å²) < 4.78 is 0. The lowest BCUT2D eigenvalue weighted by atomic mass is 9.84. The highest BCUT2D eigenvalue weighted by Gasteiger charge is 2.42. The number of amides is 2. The molecule has 1 saturated heterocycles. The van der Waals surface area contributed by atoms with Crippen LogP contribution in [0.25, 0.3) is 0 Å². The van der Waals surface area contributed by atoms with Crippen LogP contribution in [0.1, 0.15) is 55.8 Å². The van der Waals surface area contributed by atoms with E-state index in [4.69, 9.17) is 0 Å². The number of carbonyl (C=O) groups excluding carboxylic acids is 2. The third kappa shape index (κ3) is 2.83. The number of hydrogen-bond donors (Lipinski definition) is 1. The second kappa shape index (κ2) is 6.23. The van der Waals surface area contributed by atoms with Gasteiger partial charge in [0.25, 0.3) is 5.91 Å². The second-order valence-electron chi connectivity index (χ2n) is 7.80. The highest BCUT2D eigenvalue weighted by molar-refractivity contribution is 5.99. The molecule has 2 bridgehead atoms. The predicted molar refractivity (Wildman–Crippen MR) is 93.9 cm³/mol. The summed E-state index contributed by atoms with van der Waals surface area (Å²) in [6, 6.07) is 7.71. The van der Waals surface area contributed by atoms with Crippen molar-refractivity contribution in [1.29, 1.82) is 0 Å². The minimum atomic E-state index is -0.0150. The SMILES string of the molecule is C[C@@H](NC(=O)c1cccc(N2CCCC2=O)c1)[C@H]1C[C@H]2CC[C@H]1C2. The van der Waals surface area contributed by atoms with Crippen molar-refractivity contribution in [1.82, 2.24) is 5.32 Å². The molecule has 4 atom stereocenters. The normalized spacial score (nSPS) is 30.0. The molecule has 3 fully saturated rings. The summed E-state index contributed by atoms with van der Waals surface area (Å²) in [5.41, 5.74) is 1.50. The van der Waals surface area contributed by atoms with Crippen LogP contribution >= 0.6 is 0 Å². The number of nitrogens with one attached hydrogen (secondary N) is 1. The van der Waals surface area contributed by atoms with Crippen molar-refractivity contribution >= 4 is 17.5 Å². The topological polar surface area (TPSA) is 49.4 Å².